The molecule has 0 spiro atoms. The number of sulfone groups is 1. The fourth-order valence-electron chi connectivity index (χ4n) is 3.81. The zero-order valence-corrected chi connectivity index (χ0v) is 24.8. The molecule has 4 aromatic carbocycles. The first kappa shape index (κ1) is 32.0. The maximum Gasteiger partial charge on any atom is 0.337 e. The second-order valence-corrected chi connectivity index (χ2v) is 11.1. The minimum absolute atomic E-state index is 0.0479. The normalized spacial score (nSPS) is 11.2. The summed E-state index contributed by atoms with van der Waals surface area (Å²) in [6.45, 7) is 0. The van der Waals surface area contributed by atoms with Gasteiger partial charge in [-0.05, 0) is 83.9 Å². The van der Waals surface area contributed by atoms with E-state index in [2.05, 4.69) is 30.5 Å². The van der Waals surface area contributed by atoms with Crippen LogP contribution in [0.5, 0.6) is 0 Å². The van der Waals surface area contributed by atoms with Crippen LogP contribution in [0.15, 0.2) is 117 Å². The maximum absolute atomic E-state index is 13.1. The van der Waals surface area contributed by atoms with Crippen molar-refractivity contribution in [2.75, 3.05) is 14.2 Å². The van der Waals surface area contributed by atoms with Crippen LogP contribution in [0.1, 0.15) is 52.6 Å². The zero-order chi connectivity index (χ0) is 32.4. The number of nitrogens with zero attached hydrogens (tertiary/aromatic N) is 2. The van der Waals surface area contributed by atoms with Gasteiger partial charge in [-0.15, -0.1) is 0 Å². The first-order valence-corrected chi connectivity index (χ1v) is 14.6. The monoisotopic (exact) mass is 626 g/mol. The Labute approximate surface area is 258 Å². The van der Waals surface area contributed by atoms with Crippen molar-refractivity contribution in [2.45, 2.75) is 9.79 Å². The highest BCUT2D eigenvalue weighted by molar-refractivity contribution is 7.91. The largest absolute Gasteiger partial charge is 0.465 e. The molecule has 4 aromatic rings. The van der Waals surface area contributed by atoms with Crippen LogP contribution in [0.25, 0.3) is 0 Å². The number of hydrogen-bond donors (Lipinski definition) is 2. The summed E-state index contributed by atoms with van der Waals surface area (Å²) < 4.78 is 35.5. The number of esters is 2. The molecule has 2 N–H and O–H groups in total. The van der Waals surface area contributed by atoms with Gasteiger partial charge in [0, 0.05) is 11.1 Å². The molecule has 0 saturated heterocycles. The van der Waals surface area contributed by atoms with Gasteiger partial charge >= 0.3 is 11.9 Å². The number of ether oxygens (including phenoxy) is 2. The lowest BCUT2D eigenvalue weighted by Crippen LogP contribution is -2.18. The summed E-state index contributed by atoms with van der Waals surface area (Å²) in [5.74, 6) is -2.06. The molecule has 45 heavy (non-hydrogen) atoms. The SMILES string of the molecule is COC(=O)c1ccc(/C=N/NC(=O)c2ccc(S(=O)(=O)c3ccc(C(=O)N/N=C/c4ccc(C(=O)OC)cc4)cc3)cc2)cc1. The molecule has 228 valence electrons. The summed E-state index contributed by atoms with van der Waals surface area (Å²) in [6, 6.07) is 23.4. The Morgan fingerprint density at radius 1 is 0.533 bits per heavy atom. The molecule has 2 amide bonds. The van der Waals surface area contributed by atoms with Crippen molar-refractivity contribution in [1.29, 1.82) is 0 Å². The van der Waals surface area contributed by atoms with Gasteiger partial charge in [-0.3, -0.25) is 9.59 Å². The van der Waals surface area contributed by atoms with Gasteiger partial charge in [-0.2, -0.15) is 10.2 Å². The Balaban J connectivity index is 1.33. The fourth-order valence-corrected chi connectivity index (χ4v) is 5.07. The van der Waals surface area contributed by atoms with E-state index in [1.165, 1.54) is 75.2 Å². The van der Waals surface area contributed by atoms with E-state index in [1.807, 2.05) is 0 Å². The summed E-state index contributed by atoms with van der Waals surface area (Å²) in [5.41, 5.74) is 7.09. The maximum atomic E-state index is 13.1. The van der Waals surface area contributed by atoms with Crippen LogP contribution in [0.4, 0.5) is 0 Å². The molecular formula is C32H26N4O8S. The van der Waals surface area contributed by atoms with Crippen LogP contribution in [0.3, 0.4) is 0 Å². The Kier molecular flexibility index (Phi) is 10.3. The highest BCUT2D eigenvalue weighted by atomic mass is 32.2. The Morgan fingerprint density at radius 2 is 0.844 bits per heavy atom. The quantitative estimate of drug-likeness (QED) is 0.153. The first-order chi connectivity index (χ1) is 21.6. The second-order valence-electron chi connectivity index (χ2n) is 9.18. The van der Waals surface area contributed by atoms with E-state index >= 15 is 0 Å². The number of carbonyl (C=O) groups excluding carboxylic acids is 4. The molecule has 0 aliphatic carbocycles. The lowest BCUT2D eigenvalue weighted by Gasteiger charge is -2.07. The third-order valence-electron chi connectivity index (χ3n) is 6.28. The highest BCUT2D eigenvalue weighted by Crippen LogP contribution is 2.22. The zero-order valence-electron chi connectivity index (χ0n) is 24.0. The van der Waals surface area contributed by atoms with Crippen molar-refractivity contribution >= 4 is 46.0 Å². The topological polar surface area (TPSA) is 170 Å². The minimum Gasteiger partial charge on any atom is -0.465 e. The molecular weight excluding hydrogens is 600 g/mol. The van der Waals surface area contributed by atoms with Crippen molar-refractivity contribution in [1.82, 2.24) is 10.9 Å². The lowest BCUT2D eigenvalue weighted by molar-refractivity contribution is 0.0592. The van der Waals surface area contributed by atoms with E-state index in [1.54, 1.807) is 48.5 Å². The van der Waals surface area contributed by atoms with Gasteiger partial charge in [0.15, 0.2) is 0 Å². The number of benzene rings is 4. The summed E-state index contributed by atoms with van der Waals surface area (Å²) in [5, 5.41) is 7.77. The fraction of sp³-hybridized carbons (Fsp3) is 0.0625. The molecule has 0 saturated carbocycles. The van der Waals surface area contributed by atoms with Gasteiger partial charge in [0.2, 0.25) is 9.84 Å². The average Bonchev–Trinajstić information content (AvgIpc) is 3.08. The van der Waals surface area contributed by atoms with E-state index in [4.69, 9.17) is 0 Å². The van der Waals surface area contributed by atoms with E-state index in [0.717, 1.165) is 0 Å². The van der Waals surface area contributed by atoms with Crippen LogP contribution in [-0.2, 0) is 19.3 Å². The van der Waals surface area contributed by atoms with Crippen molar-refractivity contribution in [3.63, 3.8) is 0 Å². The molecule has 0 bridgehead atoms. The molecule has 0 unspecified atom stereocenters. The predicted octanol–water partition coefficient (Wildman–Crippen LogP) is 3.62. The van der Waals surface area contributed by atoms with E-state index in [9.17, 15) is 27.6 Å². The molecule has 0 heterocycles. The number of amides is 2. The Hall–Kier alpha value is -5.95. The Bertz CT molecular complexity index is 1730. The standard InChI is InChI=1S/C32H26N4O8S/c1-43-31(39)25-7-3-21(4-8-25)19-33-35-29(37)23-11-15-27(16-12-23)45(41,42)28-17-13-24(14-18-28)30(38)36-34-20-22-5-9-26(10-6-22)32(40)44-2/h3-20H,1-2H3,(H,35,37)(H,36,38)/b33-19+,34-20+. The third kappa shape index (κ3) is 8.12. The second kappa shape index (κ2) is 14.5. The summed E-state index contributed by atoms with van der Waals surface area (Å²) >= 11 is 0. The van der Waals surface area contributed by atoms with E-state index in [0.29, 0.717) is 22.3 Å². The lowest BCUT2D eigenvalue weighted by atomic mass is 10.1. The molecule has 0 aliphatic heterocycles. The molecule has 12 nitrogen and oxygen atoms in total. The van der Waals surface area contributed by atoms with Gasteiger partial charge in [0.25, 0.3) is 11.8 Å². The van der Waals surface area contributed by atoms with E-state index in [-0.39, 0.29) is 20.9 Å². The van der Waals surface area contributed by atoms with Crippen molar-refractivity contribution < 1.29 is 37.1 Å². The number of carbonyl (C=O) groups is 4. The number of hydrogen-bond acceptors (Lipinski definition) is 10. The molecule has 0 atom stereocenters. The van der Waals surface area contributed by atoms with Crippen molar-refractivity contribution in [3.05, 3.63) is 130 Å². The molecule has 0 radical (unpaired) electrons. The summed E-state index contributed by atoms with van der Waals surface area (Å²) in [6.07, 6.45) is 2.78. The number of methoxy groups -OCH3 is 2. The summed E-state index contributed by atoms with van der Waals surface area (Å²) in [7, 11) is -1.37. The van der Waals surface area contributed by atoms with Gasteiger partial charge in [0.1, 0.15) is 0 Å². The van der Waals surface area contributed by atoms with Crippen LogP contribution in [0.2, 0.25) is 0 Å². The average molecular weight is 627 g/mol. The first-order valence-electron chi connectivity index (χ1n) is 13.1. The van der Waals surface area contributed by atoms with Crippen LogP contribution < -0.4 is 10.9 Å². The molecule has 0 aromatic heterocycles. The minimum atomic E-state index is -3.94. The van der Waals surface area contributed by atoms with E-state index < -0.39 is 33.6 Å². The third-order valence-corrected chi connectivity index (χ3v) is 8.06. The summed E-state index contributed by atoms with van der Waals surface area (Å²) in [4.78, 5) is 47.8. The van der Waals surface area contributed by atoms with Crippen LogP contribution in [-0.4, -0.2) is 58.8 Å². The molecule has 4 rings (SSSR count). The number of nitrogens with one attached hydrogen (secondary N) is 2. The van der Waals surface area contributed by atoms with Gasteiger partial charge in [-0.1, -0.05) is 24.3 Å². The predicted molar refractivity (Wildman–Crippen MR) is 164 cm³/mol. The highest BCUT2D eigenvalue weighted by Gasteiger charge is 2.19. The number of rotatable bonds is 10. The molecule has 13 heteroatoms. The van der Waals surface area contributed by atoms with Crippen molar-refractivity contribution in [3.8, 4) is 0 Å². The molecule has 0 fully saturated rings. The van der Waals surface area contributed by atoms with Gasteiger partial charge < -0.3 is 9.47 Å². The van der Waals surface area contributed by atoms with Crippen LogP contribution >= 0.6 is 0 Å². The van der Waals surface area contributed by atoms with Crippen LogP contribution in [0, 0.1) is 0 Å². The smallest absolute Gasteiger partial charge is 0.337 e. The van der Waals surface area contributed by atoms with Crippen molar-refractivity contribution in [2.24, 2.45) is 10.2 Å². The molecule has 0 aliphatic rings. The van der Waals surface area contributed by atoms with Gasteiger partial charge in [-0.25, -0.2) is 28.9 Å². The van der Waals surface area contributed by atoms with Gasteiger partial charge in [0.05, 0.1) is 47.6 Å². The Morgan fingerprint density at radius 3 is 1.16 bits per heavy atom. The number of hydrazone groups is 2.